The summed E-state index contributed by atoms with van der Waals surface area (Å²) in [5.74, 6) is 2.09. The van der Waals surface area contributed by atoms with Gasteiger partial charge in [0.05, 0.1) is 0 Å². The second kappa shape index (κ2) is 5.89. The maximum atomic E-state index is 11.2. The van der Waals surface area contributed by atoms with E-state index in [0.717, 1.165) is 12.3 Å². The van der Waals surface area contributed by atoms with E-state index in [2.05, 4.69) is 19.9 Å². The second-order valence-electron chi connectivity index (χ2n) is 5.18. The Morgan fingerprint density at radius 2 is 1.89 bits per heavy atom. The molecule has 1 aliphatic heterocycles. The first-order valence-electron chi connectivity index (χ1n) is 6.55. The molecule has 1 aromatic carbocycles. The van der Waals surface area contributed by atoms with Crippen molar-refractivity contribution >= 4 is 5.78 Å². The van der Waals surface area contributed by atoms with Crippen LogP contribution in [0.3, 0.4) is 0 Å². The third-order valence-electron chi connectivity index (χ3n) is 3.03. The summed E-state index contributed by atoms with van der Waals surface area (Å²) in [5.41, 5.74) is 1.24. The lowest BCUT2D eigenvalue weighted by Crippen LogP contribution is -2.15. The molecule has 0 bridgehead atoms. The topological polar surface area (TPSA) is 35.5 Å². The van der Waals surface area contributed by atoms with Crippen LogP contribution in [0.25, 0.3) is 0 Å². The summed E-state index contributed by atoms with van der Waals surface area (Å²) in [6, 6.07) is 5.95. The maximum absolute atomic E-state index is 11.2. The molecular formula is C15H20O3. The molecule has 0 saturated heterocycles. The molecule has 0 atom stereocenters. The summed E-state index contributed by atoms with van der Waals surface area (Å²) in [7, 11) is 0. The number of benzene rings is 1. The van der Waals surface area contributed by atoms with E-state index in [1.54, 1.807) is 0 Å². The Morgan fingerprint density at radius 1 is 1.17 bits per heavy atom. The molecule has 0 amide bonds. The van der Waals surface area contributed by atoms with Crippen LogP contribution < -0.4 is 9.47 Å². The zero-order valence-electron chi connectivity index (χ0n) is 11.1. The van der Waals surface area contributed by atoms with Gasteiger partial charge in [-0.15, -0.1) is 0 Å². The van der Waals surface area contributed by atoms with Gasteiger partial charge in [0.15, 0.2) is 24.7 Å². The van der Waals surface area contributed by atoms with E-state index in [-0.39, 0.29) is 19.0 Å². The normalized spacial score (nSPS) is 14.7. The Bertz CT molecular complexity index is 424. The van der Waals surface area contributed by atoms with E-state index in [0.29, 0.717) is 11.5 Å². The molecule has 1 heterocycles. The largest absolute Gasteiger partial charge is 0.482 e. The fourth-order valence-electron chi connectivity index (χ4n) is 2.01. The van der Waals surface area contributed by atoms with Gasteiger partial charge < -0.3 is 9.47 Å². The highest BCUT2D eigenvalue weighted by molar-refractivity contribution is 5.82. The number of ketones is 1. The van der Waals surface area contributed by atoms with E-state index >= 15 is 0 Å². The van der Waals surface area contributed by atoms with E-state index in [4.69, 9.17) is 9.47 Å². The molecule has 0 fully saturated rings. The van der Waals surface area contributed by atoms with Crippen molar-refractivity contribution in [1.29, 1.82) is 0 Å². The minimum atomic E-state index is -0.0208. The predicted octanol–water partition coefficient (Wildman–Crippen LogP) is 3.01. The van der Waals surface area contributed by atoms with Gasteiger partial charge >= 0.3 is 0 Å². The highest BCUT2D eigenvalue weighted by Gasteiger charge is 2.15. The molecule has 0 radical (unpaired) electrons. The minimum Gasteiger partial charge on any atom is -0.482 e. The van der Waals surface area contributed by atoms with Gasteiger partial charge in [-0.05, 0) is 36.5 Å². The van der Waals surface area contributed by atoms with Crippen molar-refractivity contribution in [1.82, 2.24) is 0 Å². The molecule has 0 N–H and O–H groups in total. The van der Waals surface area contributed by atoms with Crippen LogP contribution >= 0.6 is 0 Å². The first-order valence-corrected chi connectivity index (χ1v) is 6.55. The first-order chi connectivity index (χ1) is 8.65. The average Bonchev–Trinajstić information content (AvgIpc) is 2.51. The average molecular weight is 248 g/mol. The van der Waals surface area contributed by atoms with Gasteiger partial charge in [0.2, 0.25) is 5.78 Å². The number of carbonyl (C=O) groups is 1. The van der Waals surface area contributed by atoms with Crippen molar-refractivity contribution in [3.8, 4) is 11.5 Å². The number of hydrogen-bond donors (Lipinski definition) is 0. The van der Waals surface area contributed by atoms with Crippen LogP contribution in [0.2, 0.25) is 0 Å². The second-order valence-corrected chi connectivity index (χ2v) is 5.18. The van der Waals surface area contributed by atoms with Crippen molar-refractivity contribution in [2.75, 3.05) is 13.2 Å². The highest BCUT2D eigenvalue weighted by Crippen LogP contribution is 2.30. The molecule has 2 rings (SSSR count). The van der Waals surface area contributed by atoms with Crippen molar-refractivity contribution in [2.45, 2.75) is 33.1 Å². The Labute approximate surface area is 108 Å². The van der Waals surface area contributed by atoms with Crippen molar-refractivity contribution in [3.05, 3.63) is 23.8 Å². The van der Waals surface area contributed by atoms with Crippen LogP contribution in [0.4, 0.5) is 0 Å². The molecule has 0 aliphatic carbocycles. The smallest absolute Gasteiger partial charge is 0.207 e. The fraction of sp³-hybridized carbons (Fsp3) is 0.533. The van der Waals surface area contributed by atoms with Gasteiger partial charge in [-0.2, -0.15) is 0 Å². The number of hydrogen-bond acceptors (Lipinski definition) is 3. The van der Waals surface area contributed by atoms with E-state index in [9.17, 15) is 4.79 Å². The summed E-state index contributed by atoms with van der Waals surface area (Å²) >= 11 is 0. The molecule has 3 heteroatoms. The summed E-state index contributed by atoms with van der Waals surface area (Å²) in [5, 5.41) is 0. The zero-order valence-corrected chi connectivity index (χ0v) is 11.1. The van der Waals surface area contributed by atoms with Gasteiger partial charge in [-0.3, -0.25) is 4.79 Å². The van der Waals surface area contributed by atoms with Crippen molar-refractivity contribution in [3.63, 3.8) is 0 Å². The predicted molar refractivity (Wildman–Crippen MR) is 70.2 cm³/mol. The molecule has 1 aromatic rings. The van der Waals surface area contributed by atoms with Crippen LogP contribution in [0, 0.1) is 5.92 Å². The molecule has 0 spiro atoms. The molecular weight excluding hydrogens is 228 g/mol. The quantitative estimate of drug-likeness (QED) is 0.821. The third kappa shape index (κ3) is 3.49. The van der Waals surface area contributed by atoms with Crippen LogP contribution in [0.5, 0.6) is 11.5 Å². The third-order valence-corrected chi connectivity index (χ3v) is 3.03. The SMILES string of the molecule is CC(C)CCCc1ccc2c(c1)OCC(=O)CO2. The van der Waals surface area contributed by atoms with E-state index in [1.807, 2.05) is 12.1 Å². The van der Waals surface area contributed by atoms with E-state index in [1.165, 1.54) is 18.4 Å². The Balaban J connectivity index is 2.00. The summed E-state index contributed by atoms with van der Waals surface area (Å²) in [6.07, 6.45) is 3.45. The Hall–Kier alpha value is -1.51. The Kier molecular flexibility index (Phi) is 4.24. The number of ether oxygens (including phenoxy) is 2. The standard InChI is InChI=1S/C15H20O3/c1-11(2)4-3-5-12-6-7-14-15(8-12)18-10-13(16)9-17-14/h6-8,11H,3-5,9-10H2,1-2H3. The van der Waals surface area contributed by atoms with Gasteiger partial charge in [-0.1, -0.05) is 26.3 Å². The van der Waals surface area contributed by atoms with Crippen LogP contribution in [0.1, 0.15) is 32.3 Å². The van der Waals surface area contributed by atoms with Crippen LogP contribution in [-0.4, -0.2) is 19.0 Å². The molecule has 3 nitrogen and oxygen atoms in total. The van der Waals surface area contributed by atoms with Gasteiger partial charge in [0.25, 0.3) is 0 Å². The number of rotatable bonds is 4. The van der Waals surface area contributed by atoms with Gasteiger partial charge in [-0.25, -0.2) is 0 Å². The molecule has 98 valence electrons. The number of fused-ring (bicyclic) bond motifs is 1. The van der Waals surface area contributed by atoms with Crippen molar-refractivity contribution < 1.29 is 14.3 Å². The molecule has 0 saturated carbocycles. The minimum absolute atomic E-state index is 0.0208. The first kappa shape index (κ1) is 12.9. The fourth-order valence-corrected chi connectivity index (χ4v) is 2.01. The van der Waals surface area contributed by atoms with Crippen molar-refractivity contribution in [2.24, 2.45) is 5.92 Å². The molecule has 18 heavy (non-hydrogen) atoms. The lowest BCUT2D eigenvalue weighted by Gasteiger charge is -2.09. The van der Waals surface area contributed by atoms with Gasteiger partial charge in [0, 0.05) is 0 Å². The molecule has 0 unspecified atom stereocenters. The number of Topliss-reactive ketones (excluding diaryl/α,β-unsaturated/α-hetero) is 1. The Morgan fingerprint density at radius 3 is 2.61 bits per heavy atom. The zero-order chi connectivity index (χ0) is 13.0. The maximum Gasteiger partial charge on any atom is 0.207 e. The lowest BCUT2D eigenvalue weighted by atomic mass is 10.0. The van der Waals surface area contributed by atoms with Crippen LogP contribution in [-0.2, 0) is 11.2 Å². The summed E-state index contributed by atoms with van der Waals surface area (Å²) in [4.78, 5) is 11.2. The highest BCUT2D eigenvalue weighted by atomic mass is 16.5. The number of carbonyl (C=O) groups excluding carboxylic acids is 1. The van der Waals surface area contributed by atoms with E-state index < -0.39 is 0 Å². The summed E-state index contributed by atoms with van der Waals surface area (Å²) < 4.78 is 10.8. The lowest BCUT2D eigenvalue weighted by molar-refractivity contribution is -0.122. The molecule has 1 aliphatic rings. The molecule has 0 aromatic heterocycles. The van der Waals surface area contributed by atoms with Crippen LogP contribution in [0.15, 0.2) is 18.2 Å². The number of aryl methyl sites for hydroxylation is 1. The van der Waals surface area contributed by atoms with Gasteiger partial charge in [0.1, 0.15) is 0 Å². The monoisotopic (exact) mass is 248 g/mol. The summed E-state index contributed by atoms with van der Waals surface area (Å²) in [6.45, 7) is 4.70.